The van der Waals surface area contributed by atoms with Crippen molar-refractivity contribution < 1.29 is 74.8 Å². The number of carboxylic acid groups (broad SMARTS) is 1. The summed E-state index contributed by atoms with van der Waals surface area (Å²) in [7, 11) is 0. The van der Waals surface area contributed by atoms with Crippen molar-refractivity contribution in [3.63, 3.8) is 0 Å². The summed E-state index contributed by atoms with van der Waals surface area (Å²) in [5.41, 5.74) is -2.11. The Morgan fingerprint density at radius 1 is 0.772 bits per heavy atom. The second-order valence-electron chi connectivity index (χ2n) is 20.9. The lowest BCUT2D eigenvalue weighted by Crippen LogP contribution is -2.71. The largest absolute Gasteiger partial charge is 0.479 e. The molecular weight excluding hydrogens is 744 g/mol. The predicted octanol–water partition coefficient (Wildman–Crippen LogP) is 0.822. The number of aliphatic hydroxyl groups is 9. The molecule has 21 atom stereocenters. The molecule has 0 unspecified atom stereocenters. The van der Waals surface area contributed by atoms with E-state index in [2.05, 4.69) is 40.7 Å². The van der Waals surface area contributed by atoms with E-state index in [9.17, 15) is 55.9 Å². The maximum absolute atomic E-state index is 12.5. The van der Waals surface area contributed by atoms with Crippen LogP contribution in [0, 0.1) is 50.2 Å². The Morgan fingerprint density at radius 3 is 2.04 bits per heavy atom. The molecule has 57 heavy (non-hydrogen) atoms. The van der Waals surface area contributed by atoms with Gasteiger partial charge in [0.15, 0.2) is 18.7 Å². The van der Waals surface area contributed by atoms with E-state index < -0.39 is 120 Å². The summed E-state index contributed by atoms with van der Waals surface area (Å²) in [6.07, 6.45) is -13.1. The fourth-order valence-corrected chi connectivity index (χ4v) is 13.9. The maximum atomic E-state index is 12.5. The summed E-state index contributed by atoms with van der Waals surface area (Å²) in [5, 5.41) is 109. The van der Waals surface area contributed by atoms with E-state index in [0.717, 1.165) is 25.7 Å². The van der Waals surface area contributed by atoms with Gasteiger partial charge in [-0.05, 0) is 96.7 Å². The van der Waals surface area contributed by atoms with Crippen LogP contribution in [-0.2, 0) is 23.7 Å². The van der Waals surface area contributed by atoms with Gasteiger partial charge in [-0.25, -0.2) is 4.79 Å². The molecule has 7 aliphatic rings. The average molecular weight is 813 g/mol. The van der Waals surface area contributed by atoms with Gasteiger partial charge in [0.1, 0.15) is 36.6 Å². The van der Waals surface area contributed by atoms with E-state index >= 15 is 0 Å². The van der Waals surface area contributed by atoms with Crippen LogP contribution < -0.4 is 0 Å². The standard InChI is InChI=1S/C42H68O15/c1-18-25(45)26(46)28(48)35(54-18)56-30-27(47)29(49)36(57-31(30)34(52)53)55-24-12-13-39(6)21(38(24,4)5)11-14-40(7)22(39)10-9-19-20-15-37(2,3)32(50)33(51)42(20,17-43)23(44)16-41(19,40)8/h9,18,20-33,35-36,43-51H,10-17H2,1-8H3,(H,52,53)/t18-,20-,21-,22+,23+,24-,25-,26+,27+,28+,29+,30-,31-,32-,33-,35-,36+,39-,40+,41+,42-/m0/s1. The number of hydrogen-bond donors (Lipinski definition) is 10. The first-order chi connectivity index (χ1) is 26.3. The molecule has 2 saturated heterocycles. The molecule has 4 saturated carbocycles. The number of allylic oxidation sites excluding steroid dienone is 2. The molecule has 15 nitrogen and oxygen atoms in total. The van der Waals surface area contributed by atoms with Crippen LogP contribution in [0.3, 0.4) is 0 Å². The van der Waals surface area contributed by atoms with Crippen LogP contribution in [0.25, 0.3) is 0 Å². The Kier molecular flexibility index (Phi) is 11.0. The van der Waals surface area contributed by atoms with Gasteiger partial charge in [-0.15, -0.1) is 0 Å². The van der Waals surface area contributed by atoms with Gasteiger partial charge in [0.05, 0.1) is 42.5 Å². The van der Waals surface area contributed by atoms with Crippen LogP contribution in [0.4, 0.5) is 0 Å². The lowest BCUT2D eigenvalue weighted by atomic mass is 9.33. The molecule has 326 valence electrons. The number of aliphatic carboxylic acids is 1. The zero-order chi connectivity index (χ0) is 42.2. The smallest absolute Gasteiger partial charge is 0.335 e. The van der Waals surface area contributed by atoms with Crippen LogP contribution in [0.5, 0.6) is 0 Å². The maximum Gasteiger partial charge on any atom is 0.335 e. The van der Waals surface area contributed by atoms with Crippen LogP contribution in [0.2, 0.25) is 0 Å². The van der Waals surface area contributed by atoms with E-state index in [1.54, 1.807) is 0 Å². The molecule has 15 heteroatoms. The van der Waals surface area contributed by atoms with Gasteiger partial charge < -0.3 is 70.0 Å². The topological polar surface area (TPSA) is 256 Å². The Labute approximate surface area is 335 Å². The number of carbonyl (C=O) groups is 1. The molecule has 0 amide bonds. The van der Waals surface area contributed by atoms with Gasteiger partial charge >= 0.3 is 5.97 Å². The van der Waals surface area contributed by atoms with Crippen molar-refractivity contribution in [1.82, 2.24) is 0 Å². The van der Waals surface area contributed by atoms with Crippen LogP contribution in [-0.4, -0.2) is 149 Å². The van der Waals surface area contributed by atoms with Gasteiger partial charge in [-0.1, -0.05) is 60.1 Å². The van der Waals surface area contributed by atoms with Crippen LogP contribution in [0.1, 0.15) is 100 Å². The molecule has 0 aromatic rings. The highest BCUT2D eigenvalue weighted by molar-refractivity contribution is 5.73. The van der Waals surface area contributed by atoms with E-state index in [1.807, 2.05) is 13.8 Å². The Balaban J connectivity index is 1.12. The summed E-state index contributed by atoms with van der Waals surface area (Å²) >= 11 is 0. The Morgan fingerprint density at radius 2 is 1.40 bits per heavy atom. The number of rotatable bonds is 6. The summed E-state index contributed by atoms with van der Waals surface area (Å²) in [5.74, 6) is -1.49. The minimum absolute atomic E-state index is 0.127. The SMILES string of the molecule is C[C@@H]1O[C@@H](O[C@H]2[C@H](O)[C@@H](O)[C@H](O[C@H]3CC[C@]4(C)[C@H]5CC=C6[C@@H]7CC(C)(C)[C@@H](O)[C@H](O)[C@]7(CO)[C@H](O)C[C@@]6(C)[C@]5(C)CC[C@H]4C3(C)C)O[C@@H]2C(=O)O)[C@H](O)[C@H](O)[C@H]1O. The quantitative estimate of drug-likeness (QED) is 0.132. The highest BCUT2D eigenvalue weighted by Crippen LogP contribution is 2.76. The monoisotopic (exact) mass is 812 g/mol. The third-order valence-corrected chi connectivity index (χ3v) is 17.5. The van der Waals surface area contributed by atoms with Gasteiger partial charge in [0, 0.05) is 0 Å². The molecule has 10 N–H and O–H groups in total. The van der Waals surface area contributed by atoms with Gasteiger partial charge in [-0.2, -0.15) is 0 Å². The summed E-state index contributed by atoms with van der Waals surface area (Å²) < 4.78 is 23.5. The molecule has 6 fully saturated rings. The number of carboxylic acids is 1. The molecule has 5 aliphatic carbocycles. The van der Waals surface area contributed by atoms with E-state index in [0.29, 0.717) is 19.3 Å². The van der Waals surface area contributed by atoms with E-state index in [4.69, 9.17) is 18.9 Å². The lowest BCUT2D eigenvalue weighted by molar-refractivity contribution is -0.361. The first-order valence-electron chi connectivity index (χ1n) is 21.0. The zero-order valence-electron chi connectivity index (χ0n) is 34.6. The minimum atomic E-state index is -1.84. The molecule has 7 rings (SSSR count). The second-order valence-corrected chi connectivity index (χ2v) is 20.9. The molecule has 2 heterocycles. The number of hydrogen-bond acceptors (Lipinski definition) is 14. The van der Waals surface area contributed by atoms with Crippen molar-refractivity contribution in [1.29, 1.82) is 0 Å². The van der Waals surface area contributed by atoms with Crippen LogP contribution in [0.15, 0.2) is 11.6 Å². The molecule has 0 radical (unpaired) electrons. The van der Waals surface area contributed by atoms with Crippen molar-refractivity contribution in [2.75, 3.05) is 6.61 Å². The van der Waals surface area contributed by atoms with Gasteiger partial charge in [-0.3, -0.25) is 0 Å². The third-order valence-electron chi connectivity index (χ3n) is 17.5. The van der Waals surface area contributed by atoms with Crippen molar-refractivity contribution >= 4 is 5.97 Å². The second kappa shape index (κ2) is 14.4. The molecule has 0 spiro atoms. The molecule has 2 aliphatic heterocycles. The van der Waals surface area contributed by atoms with Crippen molar-refractivity contribution in [2.24, 2.45) is 50.2 Å². The first-order valence-corrected chi connectivity index (χ1v) is 21.0. The third kappa shape index (κ3) is 6.11. The Bertz CT molecular complexity index is 1570. The predicted molar refractivity (Wildman–Crippen MR) is 201 cm³/mol. The summed E-state index contributed by atoms with van der Waals surface area (Å²) in [6.45, 7) is 16.1. The molecular formula is C42H68O15. The van der Waals surface area contributed by atoms with Gasteiger partial charge in [0.2, 0.25) is 0 Å². The van der Waals surface area contributed by atoms with Gasteiger partial charge in [0.25, 0.3) is 0 Å². The molecule has 0 aromatic heterocycles. The fraction of sp³-hybridized carbons (Fsp3) is 0.929. The zero-order valence-corrected chi connectivity index (χ0v) is 34.6. The van der Waals surface area contributed by atoms with Crippen LogP contribution >= 0.6 is 0 Å². The van der Waals surface area contributed by atoms with E-state index in [1.165, 1.54) is 12.5 Å². The van der Waals surface area contributed by atoms with Crippen molar-refractivity contribution in [2.45, 2.75) is 186 Å². The highest BCUT2D eigenvalue weighted by Gasteiger charge is 2.72. The normalized spacial score (nSPS) is 55.7. The Hall–Kier alpha value is -1.31. The van der Waals surface area contributed by atoms with E-state index in [-0.39, 0.29) is 28.6 Å². The average Bonchev–Trinajstić information content (AvgIpc) is 3.12. The minimum Gasteiger partial charge on any atom is -0.479 e. The summed E-state index contributed by atoms with van der Waals surface area (Å²) in [6, 6.07) is 0. The number of fused-ring (bicyclic) bond motifs is 7. The fourth-order valence-electron chi connectivity index (χ4n) is 13.9. The molecule has 0 bridgehead atoms. The van der Waals surface area contributed by atoms with Crippen molar-refractivity contribution in [3.05, 3.63) is 11.6 Å². The lowest BCUT2D eigenvalue weighted by Gasteiger charge is -2.72. The number of ether oxygens (including phenoxy) is 4. The number of aliphatic hydroxyl groups excluding tert-OH is 9. The van der Waals surface area contributed by atoms with Crippen molar-refractivity contribution in [3.8, 4) is 0 Å². The summed E-state index contributed by atoms with van der Waals surface area (Å²) in [4.78, 5) is 12.5. The highest BCUT2D eigenvalue weighted by atomic mass is 16.7. The molecule has 0 aromatic carbocycles. The first kappa shape index (κ1) is 43.8.